The maximum absolute atomic E-state index is 12.1. The van der Waals surface area contributed by atoms with Crippen LogP contribution in [0.5, 0.6) is 0 Å². The van der Waals surface area contributed by atoms with Gasteiger partial charge in [-0.25, -0.2) is 4.79 Å². The van der Waals surface area contributed by atoms with Crippen molar-refractivity contribution in [3.8, 4) is 0 Å². The molecule has 0 atom stereocenters. The van der Waals surface area contributed by atoms with E-state index < -0.39 is 6.09 Å². The predicted octanol–water partition coefficient (Wildman–Crippen LogP) is 3.79. The molecule has 0 N–H and O–H groups in total. The van der Waals surface area contributed by atoms with Gasteiger partial charge in [-0.15, -0.1) is 5.11 Å². The normalized spacial score (nSPS) is 15.7. The van der Waals surface area contributed by atoms with Gasteiger partial charge in [0.15, 0.2) is 5.82 Å². The van der Waals surface area contributed by atoms with Gasteiger partial charge in [-0.2, -0.15) is 5.11 Å². The summed E-state index contributed by atoms with van der Waals surface area (Å²) in [6.07, 6.45) is 4.57. The van der Waals surface area contributed by atoms with E-state index >= 15 is 0 Å². The number of hydrogen-bond acceptors (Lipinski definition) is 5. The van der Waals surface area contributed by atoms with Crippen LogP contribution in [0.15, 0.2) is 77.1 Å². The molecule has 0 saturated heterocycles. The van der Waals surface area contributed by atoms with Crippen LogP contribution in [0.2, 0.25) is 0 Å². The van der Waals surface area contributed by atoms with E-state index in [0.29, 0.717) is 12.5 Å². The highest BCUT2D eigenvalue weighted by Gasteiger charge is 2.21. The molecule has 23 heavy (non-hydrogen) atoms. The molecule has 0 unspecified atom stereocenters. The average molecular weight is 306 g/mol. The molecule has 2 heterocycles. The molecule has 0 saturated carbocycles. The Balaban J connectivity index is 1.43. The maximum Gasteiger partial charge on any atom is 0.418 e. The largest absolute Gasteiger partial charge is 0.444 e. The lowest BCUT2D eigenvalue weighted by Gasteiger charge is -2.21. The second-order valence-electron chi connectivity index (χ2n) is 5.28. The number of carbonyl (C=O) groups excluding carboxylic acids is 1. The molecule has 0 fully saturated rings. The topological polar surface area (TPSA) is 57.5 Å². The quantitative estimate of drug-likeness (QED) is 0.848. The fourth-order valence-electron chi connectivity index (χ4n) is 2.51. The minimum atomic E-state index is -0.441. The van der Waals surface area contributed by atoms with Crippen LogP contribution in [0.4, 0.5) is 4.79 Å². The van der Waals surface area contributed by atoms with Crippen LogP contribution in [-0.2, 0) is 11.3 Å². The Bertz CT molecular complexity index is 857. The minimum Gasteiger partial charge on any atom is -0.444 e. The van der Waals surface area contributed by atoms with Gasteiger partial charge in [0.05, 0.1) is 6.20 Å². The highest BCUT2D eigenvalue weighted by Crippen LogP contribution is 2.21. The minimum absolute atomic E-state index is 0.225. The van der Waals surface area contributed by atoms with E-state index in [1.165, 1.54) is 4.90 Å². The van der Waals surface area contributed by atoms with Crippen LogP contribution in [0.3, 0.4) is 0 Å². The molecule has 0 bridgehead atoms. The Labute approximate surface area is 133 Å². The van der Waals surface area contributed by atoms with Crippen molar-refractivity contribution in [3.63, 3.8) is 0 Å². The van der Waals surface area contributed by atoms with E-state index in [9.17, 15) is 4.79 Å². The molecular formula is C17H14N4O2. The van der Waals surface area contributed by atoms with Gasteiger partial charge in [-0.3, -0.25) is 4.90 Å². The summed E-state index contributed by atoms with van der Waals surface area (Å²) in [5.74, 6) is 0.634. The third-order valence-corrected chi connectivity index (χ3v) is 3.73. The van der Waals surface area contributed by atoms with Gasteiger partial charge >= 0.3 is 6.09 Å². The monoisotopic (exact) mass is 306 g/mol. The van der Waals surface area contributed by atoms with Gasteiger partial charge in [0, 0.05) is 12.4 Å². The van der Waals surface area contributed by atoms with Crippen LogP contribution >= 0.6 is 0 Å². The number of rotatable bonds is 2. The van der Waals surface area contributed by atoms with Crippen molar-refractivity contribution in [1.82, 2.24) is 9.80 Å². The van der Waals surface area contributed by atoms with Gasteiger partial charge < -0.3 is 9.64 Å². The van der Waals surface area contributed by atoms with E-state index in [1.54, 1.807) is 18.6 Å². The van der Waals surface area contributed by atoms with Gasteiger partial charge in [-0.1, -0.05) is 36.4 Å². The van der Waals surface area contributed by atoms with Gasteiger partial charge in [-0.05, 0) is 22.4 Å². The van der Waals surface area contributed by atoms with Crippen molar-refractivity contribution in [2.24, 2.45) is 10.2 Å². The van der Waals surface area contributed by atoms with Crippen LogP contribution in [0, 0.1) is 0 Å². The van der Waals surface area contributed by atoms with E-state index in [0.717, 1.165) is 16.3 Å². The highest BCUT2D eigenvalue weighted by molar-refractivity contribution is 5.83. The molecule has 2 aromatic rings. The number of benzene rings is 2. The first kappa shape index (κ1) is 13.5. The zero-order valence-electron chi connectivity index (χ0n) is 12.3. The van der Waals surface area contributed by atoms with E-state index in [4.69, 9.17) is 4.74 Å². The summed E-state index contributed by atoms with van der Waals surface area (Å²) in [7, 11) is 0. The van der Waals surface area contributed by atoms with Crippen molar-refractivity contribution >= 4 is 16.9 Å². The summed E-state index contributed by atoms with van der Waals surface area (Å²) >= 11 is 0. The van der Waals surface area contributed by atoms with Crippen molar-refractivity contribution in [2.45, 2.75) is 6.61 Å². The van der Waals surface area contributed by atoms with Crippen molar-refractivity contribution in [3.05, 3.63) is 72.4 Å². The number of ether oxygens (including phenoxy) is 1. The number of nitrogens with zero attached hydrogens (tertiary/aromatic N) is 4. The molecule has 6 heteroatoms. The van der Waals surface area contributed by atoms with Gasteiger partial charge in [0.25, 0.3) is 0 Å². The number of carbonyl (C=O) groups is 1. The Morgan fingerprint density at radius 1 is 1.13 bits per heavy atom. The molecule has 2 aromatic carbocycles. The summed E-state index contributed by atoms with van der Waals surface area (Å²) in [6, 6.07) is 14.1. The lowest BCUT2D eigenvalue weighted by atomic mass is 10.1. The molecule has 0 aromatic heterocycles. The smallest absolute Gasteiger partial charge is 0.418 e. The second-order valence-corrected chi connectivity index (χ2v) is 5.28. The van der Waals surface area contributed by atoms with Crippen molar-refractivity contribution in [2.75, 3.05) is 6.67 Å². The summed E-state index contributed by atoms with van der Waals surface area (Å²) < 4.78 is 5.37. The van der Waals surface area contributed by atoms with Crippen LogP contribution in [0.1, 0.15) is 5.56 Å². The van der Waals surface area contributed by atoms with E-state index in [-0.39, 0.29) is 6.61 Å². The van der Waals surface area contributed by atoms with E-state index in [1.807, 2.05) is 41.3 Å². The SMILES string of the molecule is O=C(OCc1ccc2ccccc2c1)N1C=CN2CN=NC2=C1. The third-order valence-electron chi connectivity index (χ3n) is 3.73. The Morgan fingerprint density at radius 2 is 2.00 bits per heavy atom. The fourth-order valence-corrected chi connectivity index (χ4v) is 2.51. The summed E-state index contributed by atoms with van der Waals surface area (Å²) in [5, 5.41) is 10.1. The standard InChI is InChI=1S/C17H14N4O2/c22-17(20-7-8-21-12-18-19-16(21)10-20)23-11-13-5-6-14-3-1-2-4-15(14)9-13/h1-10H,11-12H2. The highest BCUT2D eigenvalue weighted by atomic mass is 16.6. The first-order valence-corrected chi connectivity index (χ1v) is 7.27. The Hall–Kier alpha value is -3.15. The molecule has 0 radical (unpaired) electrons. The van der Waals surface area contributed by atoms with Crippen LogP contribution in [-0.4, -0.2) is 22.6 Å². The van der Waals surface area contributed by atoms with E-state index in [2.05, 4.69) is 16.3 Å². The maximum atomic E-state index is 12.1. The first-order chi connectivity index (χ1) is 11.3. The second kappa shape index (κ2) is 5.57. The Kier molecular flexibility index (Phi) is 3.27. The summed E-state index contributed by atoms with van der Waals surface area (Å²) in [5.41, 5.74) is 0.952. The van der Waals surface area contributed by atoms with Crippen LogP contribution < -0.4 is 0 Å². The van der Waals surface area contributed by atoms with Crippen molar-refractivity contribution in [1.29, 1.82) is 0 Å². The number of azo groups is 1. The summed E-state index contributed by atoms with van der Waals surface area (Å²) in [6.45, 7) is 0.713. The van der Waals surface area contributed by atoms with Gasteiger partial charge in [0.2, 0.25) is 0 Å². The molecule has 0 spiro atoms. The molecule has 0 aliphatic carbocycles. The summed E-state index contributed by atoms with van der Waals surface area (Å²) in [4.78, 5) is 15.4. The van der Waals surface area contributed by atoms with Crippen molar-refractivity contribution < 1.29 is 9.53 Å². The molecule has 1 amide bonds. The lowest BCUT2D eigenvalue weighted by molar-refractivity contribution is 0.119. The molecule has 2 aliphatic rings. The number of fused-ring (bicyclic) bond motifs is 2. The Morgan fingerprint density at radius 3 is 2.91 bits per heavy atom. The lowest BCUT2D eigenvalue weighted by Crippen LogP contribution is -2.27. The average Bonchev–Trinajstić information content (AvgIpc) is 3.07. The fraction of sp³-hybridized carbons (Fsp3) is 0.118. The third kappa shape index (κ3) is 2.66. The predicted molar refractivity (Wildman–Crippen MR) is 84.8 cm³/mol. The first-order valence-electron chi connectivity index (χ1n) is 7.27. The van der Waals surface area contributed by atoms with Crippen LogP contribution in [0.25, 0.3) is 10.8 Å². The zero-order valence-corrected chi connectivity index (χ0v) is 12.3. The number of amides is 1. The zero-order chi connectivity index (χ0) is 15.6. The molecule has 2 aliphatic heterocycles. The van der Waals surface area contributed by atoms with Gasteiger partial charge in [0.1, 0.15) is 13.3 Å². The molecule has 114 valence electrons. The molecule has 4 rings (SSSR count). The molecule has 6 nitrogen and oxygen atoms in total. The number of hydrogen-bond donors (Lipinski definition) is 0. The molecular weight excluding hydrogens is 292 g/mol.